The van der Waals surface area contributed by atoms with Crippen molar-refractivity contribution in [2.45, 2.75) is 26.0 Å². The molecule has 1 saturated heterocycles. The fourth-order valence-corrected chi connectivity index (χ4v) is 2.97. The first-order chi connectivity index (χ1) is 12.0. The largest absolute Gasteiger partial charge is 0.492 e. The second kappa shape index (κ2) is 9.75. The molecule has 0 aliphatic carbocycles. The van der Waals surface area contributed by atoms with E-state index in [-0.39, 0.29) is 18.1 Å². The Morgan fingerprint density at radius 3 is 3.00 bits per heavy atom. The van der Waals surface area contributed by atoms with Crippen molar-refractivity contribution in [3.05, 3.63) is 29.8 Å². The molecule has 1 aromatic rings. The molecule has 1 aliphatic heterocycles. The second-order valence-corrected chi connectivity index (χ2v) is 6.88. The maximum atomic E-state index is 12.4. The highest BCUT2D eigenvalue weighted by molar-refractivity contribution is 5.81. The van der Waals surface area contributed by atoms with Crippen molar-refractivity contribution in [3.63, 3.8) is 0 Å². The number of morpholine rings is 1. The van der Waals surface area contributed by atoms with Crippen molar-refractivity contribution in [1.29, 1.82) is 0 Å². The van der Waals surface area contributed by atoms with E-state index in [1.807, 2.05) is 52.2 Å². The van der Waals surface area contributed by atoms with Gasteiger partial charge in [0.15, 0.2) is 0 Å². The quantitative estimate of drug-likeness (QED) is 0.714. The third-order valence-corrected chi connectivity index (χ3v) is 4.33. The Hall–Kier alpha value is -1.63. The molecule has 1 aromatic carbocycles. The molecule has 6 heteroatoms. The van der Waals surface area contributed by atoms with Crippen LogP contribution in [0, 0.1) is 6.92 Å². The summed E-state index contributed by atoms with van der Waals surface area (Å²) in [5.41, 5.74) is 1.16. The molecule has 1 fully saturated rings. The van der Waals surface area contributed by atoms with Crippen LogP contribution in [0.3, 0.4) is 0 Å². The van der Waals surface area contributed by atoms with E-state index in [0.717, 1.165) is 30.9 Å². The molecule has 0 aromatic heterocycles. The van der Waals surface area contributed by atoms with E-state index in [1.54, 1.807) is 0 Å². The van der Waals surface area contributed by atoms with Crippen molar-refractivity contribution >= 4 is 5.91 Å². The van der Waals surface area contributed by atoms with Gasteiger partial charge in [-0.1, -0.05) is 12.1 Å². The molecule has 6 nitrogen and oxygen atoms in total. The van der Waals surface area contributed by atoms with Gasteiger partial charge < -0.3 is 19.7 Å². The zero-order valence-corrected chi connectivity index (χ0v) is 15.8. The fraction of sp³-hybridized carbons (Fsp3) is 0.632. The minimum Gasteiger partial charge on any atom is -0.492 e. The van der Waals surface area contributed by atoms with Crippen LogP contribution >= 0.6 is 0 Å². The predicted octanol–water partition coefficient (Wildman–Crippen LogP) is 1.14. The van der Waals surface area contributed by atoms with Gasteiger partial charge in [0.25, 0.3) is 0 Å². The Morgan fingerprint density at radius 1 is 1.48 bits per heavy atom. The Kier molecular flexibility index (Phi) is 7.68. The topological polar surface area (TPSA) is 54.0 Å². The molecule has 140 valence electrons. The normalized spacial score (nSPS) is 19.6. The molecular weight excluding hydrogens is 318 g/mol. The molecule has 25 heavy (non-hydrogen) atoms. The molecule has 0 spiro atoms. The number of aryl methyl sites for hydroxylation is 1. The number of likely N-dealkylation sites (N-methyl/N-ethyl adjacent to an activating group) is 1. The second-order valence-electron chi connectivity index (χ2n) is 6.88. The van der Waals surface area contributed by atoms with Gasteiger partial charge in [-0.05, 0) is 45.6 Å². The Bertz CT molecular complexity index is 550. The number of amides is 1. The van der Waals surface area contributed by atoms with Gasteiger partial charge in [-0.15, -0.1) is 0 Å². The van der Waals surface area contributed by atoms with Crippen LogP contribution in [0.2, 0.25) is 0 Å². The monoisotopic (exact) mass is 349 g/mol. The van der Waals surface area contributed by atoms with Crippen molar-refractivity contribution in [3.8, 4) is 5.75 Å². The highest BCUT2D eigenvalue weighted by Gasteiger charge is 2.27. The molecule has 0 unspecified atom stereocenters. The maximum Gasteiger partial charge on any atom is 0.237 e. The van der Waals surface area contributed by atoms with Crippen molar-refractivity contribution in [1.82, 2.24) is 15.1 Å². The molecule has 0 bridgehead atoms. The van der Waals surface area contributed by atoms with Crippen LogP contribution in [-0.2, 0) is 9.53 Å². The van der Waals surface area contributed by atoms with Crippen LogP contribution < -0.4 is 10.1 Å². The van der Waals surface area contributed by atoms with Gasteiger partial charge in [0.1, 0.15) is 12.4 Å². The minimum atomic E-state index is -0.160. The van der Waals surface area contributed by atoms with Gasteiger partial charge in [0.2, 0.25) is 5.91 Å². The third-order valence-electron chi connectivity index (χ3n) is 4.33. The van der Waals surface area contributed by atoms with Crippen molar-refractivity contribution in [2.24, 2.45) is 0 Å². The first-order valence-corrected chi connectivity index (χ1v) is 8.93. The molecule has 2 rings (SSSR count). The molecule has 2 atom stereocenters. The van der Waals surface area contributed by atoms with Gasteiger partial charge >= 0.3 is 0 Å². The molecule has 0 saturated carbocycles. The Labute approximate surface area is 151 Å². The van der Waals surface area contributed by atoms with Gasteiger partial charge in [-0.2, -0.15) is 0 Å². The SMILES string of the molecule is Cc1cccc(OCCNC(=O)[C@@H](C)N2CCO[C@@H](CN(C)C)C2)c1. The van der Waals surface area contributed by atoms with Crippen LogP contribution in [0.5, 0.6) is 5.75 Å². The van der Waals surface area contributed by atoms with E-state index in [0.29, 0.717) is 19.8 Å². The number of rotatable bonds is 8. The first kappa shape index (κ1) is 19.7. The van der Waals surface area contributed by atoms with E-state index < -0.39 is 0 Å². The van der Waals surface area contributed by atoms with Gasteiger partial charge in [-0.3, -0.25) is 9.69 Å². The van der Waals surface area contributed by atoms with Crippen molar-refractivity contribution in [2.75, 3.05) is 53.5 Å². The summed E-state index contributed by atoms with van der Waals surface area (Å²) in [6.07, 6.45) is 0.156. The summed E-state index contributed by atoms with van der Waals surface area (Å²) >= 11 is 0. The number of hydrogen-bond donors (Lipinski definition) is 1. The minimum absolute atomic E-state index is 0.0401. The summed E-state index contributed by atoms with van der Waals surface area (Å²) in [4.78, 5) is 16.7. The molecule has 1 amide bonds. The molecule has 1 N–H and O–H groups in total. The third kappa shape index (κ3) is 6.65. The number of carbonyl (C=O) groups excluding carboxylic acids is 1. The number of carbonyl (C=O) groups is 1. The summed E-state index contributed by atoms with van der Waals surface area (Å²) < 4.78 is 11.4. The first-order valence-electron chi connectivity index (χ1n) is 8.93. The summed E-state index contributed by atoms with van der Waals surface area (Å²) in [6, 6.07) is 7.75. The summed E-state index contributed by atoms with van der Waals surface area (Å²) in [6.45, 7) is 8.07. The Morgan fingerprint density at radius 2 is 2.28 bits per heavy atom. The fourth-order valence-electron chi connectivity index (χ4n) is 2.97. The lowest BCUT2D eigenvalue weighted by Gasteiger charge is -2.37. The average molecular weight is 349 g/mol. The van der Waals surface area contributed by atoms with E-state index in [1.165, 1.54) is 0 Å². The average Bonchev–Trinajstić information content (AvgIpc) is 2.57. The van der Waals surface area contributed by atoms with Gasteiger partial charge in [0.05, 0.1) is 25.3 Å². The Balaban J connectivity index is 1.70. The molecule has 1 aliphatic rings. The van der Waals surface area contributed by atoms with E-state index in [9.17, 15) is 4.79 Å². The van der Waals surface area contributed by atoms with E-state index >= 15 is 0 Å². The lowest BCUT2D eigenvalue weighted by atomic mass is 10.2. The highest BCUT2D eigenvalue weighted by atomic mass is 16.5. The maximum absolute atomic E-state index is 12.4. The van der Waals surface area contributed by atoms with Crippen LogP contribution in [0.15, 0.2) is 24.3 Å². The zero-order chi connectivity index (χ0) is 18.2. The van der Waals surface area contributed by atoms with Crippen molar-refractivity contribution < 1.29 is 14.3 Å². The van der Waals surface area contributed by atoms with E-state index in [4.69, 9.17) is 9.47 Å². The smallest absolute Gasteiger partial charge is 0.237 e. The zero-order valence-electron chi connectivity index (χ0n) is 15.8. The molecular formula is C19H31N3O3. The lowest BCUT2D eigenvalue weighted by Crippen LogP contribution is -2.54. The standard InChI is InChI=1S/C19H31N3O3/c1-15-6-5-7-17(12-15)24-10-8-20-19(23)16(2)22-9-11-25-18(14-22)13-21(3)4/h5-7,12,16,18H,8-11,13-14H2,1-4H3,(H,20,23)/t16-,18+/m1/s1. The number of benzene rings is 1. The number of hydrogen-bond acceptors (Lipinski definition) is 5. The van der Waals surface area contributed by atoms with Gasteiger partial charge in [-0.25, -0.2) is 0 Å². The van der Waals surface area contributed by atoms with Crippen LogP contribution in [0.25, 0.3) is 0 Å². The number of ether oxygens (including phenoxy) is 2. The summed E-state index contributed by atoms with van der Waals surface area (Å²) in [5.74, 6) is 0.875. The van der Waals surface area contributed by atoms with E-state index in [2.05, 4.69) is 15.1 Å². The van der Waals surface area contributed by atoms with Crippen LogP contribution in [-0.4, -0.2) is 81.3 Å². The predicted molar refractivity (Wildman–Crippen MR) is 99.0 cm³/mol. The van der Waals surface area contributed by atoms with Crippen LogP contribution in [0.4, 0.5) is 0 Å². The molecule has 1 heterocycles. The van der Waals surface area contributed by atoms with Gasteiger partial charge in [0, 0.05) is 19.6 Å². The highest BCUT2D eigenvalue weighted by Crippen LogP contribution is 2.12. The summed E-state index contributed by atoms with van der Waals surface area (Å²) in [7, 11) is 4.07. The number of nitrogens with zero attached hydrogens (tertiary/aromatic N) is 2. The molecule has 0 radical (unpaired) electrons. The van der Waals surface area contributed by atoms with Crippen LogP contribution in [0.1, 0.15) is 12.5 Å². The number of nitrogens with one attached hydrogen (secondary N) is 1. The lowest BCUT2D eigenvalue weighted by molar-refractivity contribution is -0.129. The summed E-state index contributed by atoms with van der Waals surface area (Å²) in [5, 5.41) is 2.96.